The van der Waals surface area contributed by atoms with Gasteiger partial charge in [-0.1, -0.05) is 91.9 Å². The number of carbonyl (C=O) groups excluding carboxylic acids is 3. The molecule has 0 aromatic heterocycles. The highest BCUT2D eigenvalue weighted by molar-refractivity contribution is 6.55. The number of hydrazine groups is 2. The zero-order valence-electron chi connectivity index (χ0n) is 48.7. The minimum absolute atomic E-state index is 0.0123. The Morgan fingerprint density at radius 3 is 2.27 bits per heavy atom. The number of methoxy groups -OCH3 is 1. The minimum Gasteiger partial charge on any atom is -0.461 e. The van der Waals surface area contributed by atoms with Crippen molar-refractivity contribution in [3.63, 3.8) is 0 Å². The van der Waals surface area contributed by atoms with Crippen LogP contribution in [0.4, 0.5) is 5.69 Å². The van der Waals surface area contributed by atoms with Crippen LogP contribution in [0.2, 0.25) is 0 Å². The number of aldehydes is 1. The van der Waals surface area contributed by atoms with E-state index in [1.807, 2.05) is 131 Å². The number of rotatable bonds is 29. The fourth-order valence-corrected chi connectivity index (χ4v) is 8.78. The van der Waals surface area contributed by atoms with Crippen LogP contribution in [0.5, 0.6) is 5.75 Å². The van der Waals surface area contributed by atoms with Gasteiger partial charge in [-0.3, -0.25) is 30.3 Å². The molecule has 2 aliphatic rings. The average molecular weight is 1130 g/mol. The molecule has 2 amide bonds. The molecule has 3 atom stereocenters. The van der Waals surface area contributed by atoms with E-state index in [9.17, 15) is 19.8 Å². The van der Waals surface area contributed by atoms with Crippen molar-refractivity contribution in [3.8, 4) is 5.75 Å². The lowest BCUT2D eigenvalue weighted by atomic mass is 9.91. The van der Waals surface area contributed by atoms with Crippen LogP contribution in [0.25, 0.3) is 0 Å². The molecular weight excluding hydrogens is 1050 g/mol. The smallest absolute Gasteiger partial charge is 0.240 e. The average Bonchev–Trinajstić information content (AvgIpc) is 2.94. The Labute approximate surface area is 482 Å². The molecule has 3 unspecified atom stereocenters. The van der Waals surface area contributed by atoms with Crippen LogP contribution in [-0.4, -0.2) is 138 Å². The van der Waals surface area contributed by atoms with Gasteiger partial charge in [-0.05, 0) is 96.7 Å². The highest BCUT2D eigenvalue weighted by Crippen LogP contribution is 2.30. The molecular formula is C60H85N13O9. The highest BCUT2D eigenvalue weighted by Gasteiger charge is 2.31. The number of para-hydroxylation sites is 1. The second-order valence-electron chi connectivity index (χ2n) is 20.9. The predicted octanol–water partition coefficient (Wildman–Crippen LogP) is 5.35. The van der Waals surface area contributed by atoms with E-state index in [1.54, 1.807) is 42.4 Å². The van der Waals surface area contributed by atoms with Crippen LogP contribution >= 0.6 is 0 Å². The number of benzene rings is 4. The Kier molecular flexibility index (Phi) is 26.1. The van der Waals surface area contributed by atoms with Crippen LogP contribution < -0.4 is 43.1 Å². The van der Waals surface area contributed by atoms with Gasteiger partial charge in [0.2, 0.25) is 18.1 Å². The number of hydrogen-bond acceptors (Lipinski definition) is 20. The zero-order valence-corrected chi connectivity index (χ0v) is 48.7. The summed E-state index contributed by atoms with van der Waals surface area (Å²) in [5, 5.41) is 42.9. The number of likely N-dealkylation sites (N-methyl/N-ethyl adjacent to an activating group) is 1. The number of hydrazone groups is 1. The van der Waals surface area contributed by atoms with Gasteiger partial charge in [0.25, 0.3) is 0 Å². The van der Waals surface area contributed by atoms with Crippen LogP contribution in [0.1, 0.15) is 114 Å². The van der Waals surface area contributed by atoms with Gasteiger partial charge in [0.15, 0.2) is 12.1 Å². The van der Waals surface area contributed by atoms with Gasteiger partial charge < -0.3 is 60.8 Å². The number of carbonyl (C=O) groups is 3. The number of aliphatic hydroxyl groups is 2. The Bertz CT molecular complexity index is 2820. The second-order valence-corrected chi connectivity index (χ2v) is 20.9. The number of unbranched alkanes of at least 4 members (excludes halogenated alkanes) is 1. The molecule has 0 saturated heterocycles. The molecule has 0 aliphatic carbocycles. The third-order valence-corrected chi connectivity index (χ3v) is 13.0. The number of allylic oxidation sites excluding steroid dienone is 1. The van der Waals surface area contributed by atoms with E-state index in [-0.39, 0.29) is 44.4 Å². The fourth-order valence-electron chi connectivity index (χ4n) is 8.78. The molecule has 6 rings (SSSR count). The van der Waals surface area contributed by atoms with Crippen LogP contribution in [0, 0.1) is 0 Å². The third kappa shape index (κ3) is 20.1. The summed E-state index contributed by atoms with van der Waals surface area (Å²) in [6.45, 7) is 13.0. The first kappa shape index (κ1) is 65.2. The maximum atomic E-state index is 14.1. The topological polar surface area (TPSA) is 302 Å². The summed E-state index contributed by atoms with van der Waals surface area (Å²) in [5.41, 5.74) is 15.2. The van der Waals surface area contributed by atoms with Gasteiger partial charge in [-0.15, -0.1) is 10.2 Å². The van der Waals surface area contributed by atoms with Crippen molar-refractivity contribution in [1.82, 2.24) is 26.1 Å². The van der Waals surface area contributed by atoms with E-state index in [2.05, 4.69) is 31.4 Å². The summed E-state index contributed by atoms with van der Waals surface area (Å²) in [6, 6.07) is 32.4. The summed E-state index contributed by atoms with van der Waals surface area (Å²) in [6.07, 6.45) is 2.64. The predicted molar refractivity (Wildman–Crippen MR) is 320 cm³/mol. The van der Waals surface area contributed by atoms with Gasteiger partial charge in [0.1, 0.15) is 23.6 Å². The fraction of sp³-hybridized carbons (Fsp3) is 0.450. The Balaban J connectivity index is 0.00000402. The van der Waals surface area contributed by atoms with Crippen molar-refractivity contribution in [2.24, 2.45) is 37.7 Å². The van der Waals surface area contributed by atoms with Gasteiger partial charge in [0.05, 0.1) is 61.6 Å². The summed E-state index contributed by atoms with van der Waals surface area (Å²) < 4.78 is 23.1. The van der Waals surface area contributed by atoms with E-state index in [4.69, 9.17) is 46.2 Å². The van der Waals surface area contributed by atoms with Gasteiger partial charge in [-0.25, -0.2) is 5.84 Å². The van der Waals surface area contributed by atoms with E-state index < -0.39 is 29.8 Å². The molecule has 444 valence electrons. The zero-order chi connectivity index (χ0) is 59.7. The Hall–Kier alpha value is -7.57. The van der Waals surface area contributed by atoms with E-state index in [1.165, 1.54) is 6.92 Å². The molecule has 0 fully saturated rings. The van der Waals surface area contributed by atoms with Crippen molar-refractivity contribution in [2.75, 3.05) is 52.0 Å². The molecule has 4 aromatic rings. The normalized spacial score (nSPS) is 15.7. The van der Waals surface area contributed by atoms with Gasteiger partial charge in [0, 0.05) is 68.0 Å². The lowest BCUT2D eigenvalue weighted by Gasteiger charge is -2.32. The molecule has 11 N–H and O–H groups in total. The van der Waals surface area contributed by atoms with Crippen LogP contribution in [0.15, 0.2) is 135 Å². The first-order chi connectivity index (χ1) is 39.4. The number of aliphatic hydroxyl groups excluding tert-OH is 2. The number of nitrogens with zero attached hydrogens (tertiary/aromatic N) is 7. The van der Waals surface area contributed by atoms with E-state index in [0.29, 0.717) is 104 Å². The first-order valence-electron chi connectivity index (χ1n) is 27.6. The van der Waals surface area contributed by atoms with Crippen molar-refractivity contribution in [1.29, 1.82) is 0 Å². The summed E-state index contributed by atoms with van der Waals surface area (Å²) >= 11 is 0. The number of nitrogens with two attached hydrogens (primary N) is 3. The van der Waals surface area contributed by atoms with Crippen LogP contribution in [-0.2, 0) is 41.7 Å². The Morgan fingerprint density at radius 1 is 0.915 bits per heavy atom. The lowest BCUT2D eigenvalue weighted by molar-refractivity contribution is -0.186. The molecule has 22 heteroatoms. The van der Waals surface area contributed by atoms with Gasteiger partial charge in [-0.2, -0.15) is 5.10 Å². The Morgan fingerprint density at radius 2 is 1.60 bits per heavy atom. The minimum atomic E-state index is -1.12. The number of aliphatic imine (C=N–C) groups is 1. The lowest BCUT2D eigenvalue weighted by Crippen LogP contribution is -2.49. The second kappa shape index (κ2) is 32.8. The van der Waals surface area contributed by atoms with E-state index in [0.717, 1.165) is 28.5 Å². The molecule has 2 aliphatic heterocycles. The van der Waals surface area contributed by atoms with Crippen molar-refractivity contribution in [2.45, 2.75) is 129 Å². The number of fused-ring (bicyclic) bond motifs is 2. The maximum Gasteiger partial charge on any atom is 0.240 e. The molecule has 0 radical (unpaired) electrons. The number of hydrogen-bond donors (Lipinski definition) is 8. The molecule has 82 heavy (non-hydrogen) atoms. The number of anilines is 1. The van der Waals surface area contributed by atoms with Crippen molar-refractivity contribution in [3.05, 3.63) is 143 Å². The summed E-state index contributed by atoms with van der Waals surface area (Å²) in [5.74, 6) is 13.9. The quantitative estimate of drug-likeness (QED) is 0.0112. The van der Waals surface area contributed by atoms with Gasteiger partial charge >= 0.3 is 0 Å². The number of ether oxygens (including phenoxy) is 4. The van der Waals surface area contributed by atoms with Crippen molar-refractivity contribution >= 4 is 46.9 Å². The largest absolute Gasteiger partial charge is 0.461 e. The maximum absolute atomic E-state index is 14.1. The number of amidine groups is 2. The molecule has 0 spiro atoms. The molecule has 22 nitrogen and oxygen atoms in total. The highest BCUT2D eigenvalue weighted by atomic mass is 16.7. The number of nitrogens with one attached hydrogen (secondary N) is 3. The SMILES string of the molecule is CC=O.CCC(CO)OC(Oc1ccc(CN2NC(c3ccccc3)=NN=C2CC/C(N)=C/N(N)CCCCN=C2/C(=N\N)c3ccccc3N(C(=O)CCC(=O)NC(C)(C)COC(C)(C)COC)Cc3ccccc32)cc1)C(O)NC. The molecule has 2 heterocycles. The van der Waals surface area contributed by atoms with Crippen LogP contribution in [0.3, 0.4) is 0 Å². The third-order valence-electron chi connectivity index (χ3n) is 13.0. The summed E-state index contributed by atoms with van der Waals surface area (Å²) in [7, 11) is 3.21. The monoisotopic (exact) mass is 1130 g/mol. The number of amides is 2. The first-order valence-corrected chi connectivity index (χ1v) is 27.6. The standard InChI is InChI=1S/C58H81N13O8.C2H4O/c1-8-44(37-72)78-56(55(75)62-6)79-45-27-24-40(25-28-45)34-71-49(66-67-54(68-71)41-18-10-9-11-19-41)29-26-43(59)36-69(61)33-17-16-32-63-52-46-21-13-12-20-42(46)35-70(48-23-15-14-22-47(48)53(52)65-60)51(74)31-30-50(73)64-57(2,3)38-77-58(4,5)39-76-7;1-2-3/h9-15,18-25,27-28,36,44,55-56,62,72,75H,8,16-17,26,29-35,37-39,59-61H2,1-7H3,(H,64,73)(H,67,68);2H,1H3/b43-36-,63-52?,65-53-;. The molecule has 0 bridgehead atoms. The molecule has 0 saturated carbocycles. The van der Waals surface area contributed by atoms with Crippen molar-refractivity contribution < 1.29 is 43.5 Å². The molecule has 4 aromatic carbocycles. The summed E-state index contributed by atoms with van der Waals surface area (Å²) in [4.78, 5) is 43.0. The van der Waals surface area contributed by atoms with E-state index >= 15 is 0 Å².